The average Bonchev–Trinajstić information content (AvgIpc) is 2.95. The molecule has 25 heavy (non-hydrogen) atoms. The summed E-state index contributed by atoms with van der Waals surface area (Å²) in [6, 6.07) is 5.83. The highest BCUT2D eigenvalue weighted by Gasteiger charge is 2.10. The molecule has 0 bridgehead atoms. The molecule has 0 aliphatic heterocycles. The van der Waals surface area contributed by atoms with Gasteiger partial charge in [-0.15, -0.1) is 11.3 Å². The lowest BCUT2D eigenvalue weighted by atomic mass is 10.2. The first-order valence-electron chi connectivity index (χ1n) is 8.16. The number of hydrogen-bond acceptors (Lipinski definition) is 5. The van der Waals surface area contributed by atoms with Crippen molar-refractivity contribution in [1.29, 1.82) is 0 Å². The Kier molecular flexibility index (Phi) is 7.06. The van der Waals surface area contributed by atoms with Crippen molar-refractivity contribution in [3.63, 3.8) is 0 Å². The van der Waals surface area contributed by atoms with Crippen molar-refractivity contribution in [3.05, 3.63) is 39.3 Å². The van der Waals surface area contributed by atoms with Gasteiger partial charge in [-0.3, -0.25) is 4.99 Å². The third-order valence-corrected chi connectivity index (χ3v) is 4.99. The van der Waals surface area contributed by atoms with E-state index in [4.69, 9.17) is 9.47 Å². The zero-order chi connectivity index (χ0) is 18.2. The predicted octanol–water partition coefficient (Wildman–Crippen LogP) is 2.68. The zero-order valence-corrected chi connectivity index (χ0v) is 16.3. The Balaban J connectivity index is 1.88. The van der Waals surface area contributed by atoms with Gasteiger partial charge in [-0.05, 0) is 19.9 Å². The highest BCUT2D eigenvalue weighted by atomic mass is 32.1. The number of benzene rings is 1. The highest BCUT2D eigenvalue weighted by Crippen LogP contribution is 2.30. The summed E-state index contributed by atoms with van der Waals surface area (Å²) < 4.78 is 10.8. The quantitative estimate of drug-likeness (QED) is 0.585. The molecule has 0 aliphatic rings. The summed E-state index contributed by atoms with van der Waals surface area (Å²) in [7, 11) is 5.04. The fraction of sp³-hybridized carbons (Fsp3) is 0.444. The molecule has 0 amide bonds. The van der Waals surface area contributed by atoms with Crippen LogP contribution in [0.15, 0.2) is 23.2 Å². The van der Waals surface area contributed by atoms with Crippen LogP contribution in [0.1, 0.15) is 21.1 Å². The number of nitrogens with one attached hydrogen (secondary N) is 2. The van der Waals surface area contributed by atoms with E-state index in [1.165, 1.54) is 4.88 Å². The molecule has 0 spiro atoms. The van der Waals surface area contributed by atoms with Gasteiger partial charge in [0.1, 0.15) is 0 Å². The van der Waals surface area contributed by atoms with Crippen molar-refractivity contribution < 1.29 is 9.47 Å². The Bertz CT molecular complexity index is 708. The third kappa shape index (κ3) is 5.09. The number of rotatable bonds is 7. The van der Waals surface area contributed by atoms with Crippen molar-refractivity contribution >= 4 is 17.3 Å². The van der Waals surface area contributed by atoms with Crippen LogP contribution in [0.4, 0.5) is 0 Å². The highest BCUT2D eigenvalue weighted by molar-refractivity contribution is 7.11. The van der Waals surface area contributed by atoms with Crippen LogP contribution in [-0.4, -0.2) is 38.8 Å². The van der Waals surface area contributed by atoms with E-state index in [9.17, 15) is 0 Å². The van der Waals surface area contributed by atoms with Gasteiger partial charge >= 0.3 is 0 Å². The van der Waals surface area contributed by atoms with E-state index < -0.39 is 0 Å². The minimum Gasteiger partial charge on any atom is -0.493 e. The van der Waals surface area contributed by atoms with Crippen molar-refractivity contribution in [1.82, 2.24) is 15.6 Å². The molecule has 2 N–H and O–H groups in total. The topological polar surface area (TPSA) is 67.8 Å². The van der Waals surface area contributed by atoms with Gasteiger partial charge in [-0.25, -0.2) is 4.98 Å². The van der Waals surface area contributed by atoms with Gasteiger partial charge in [-0.1, -0.05) is 12.1 Å². The first kappa shape index (κ1) is 19.1. The maximum atomic E-state index is 5.45. The molecule has 0 fully saturated rings. The largest absolute Gasteiger partial charge is 0.493 e. The molecule has 1 heterocycles. The standard InChI is InChI=1S/C18H26N4O2S/c1-12-13(2)25-16(22-12)9-10-20-18(19-3)21-11-14-7-6-8-15(23-4)17(14)24-5/h6-8H,9-11H2,1-5H3,(H2,19,20,21). The van der Waals surface area contributed by atoms with Gasteiger partial charge in [0.05, 0.1) is 24.9 Å². The number of aryl methyl sites for hydroxylation is 2. The number of para-hydroxylation sites is 1. The Morgan fingerprint density at radius 2 is 2.00 bits per heavy atom. The van der Waals surface area contributed by atoms with Crippen LogP contribution in [-0.2, 0) is 13.0 Å². The van der Waals surface area contributed by atoms with Crippen LogP contribution in [0, 0.1) is 13.8 Å². The van der Waals surface area contributed by atoms with E-state index in [1.807, 2.05) is 25.1 Å². The van der Waals surface area contributed by atoms with Gasteiger partial charge in [0, 0.05) is 37.0 Å². The SMILES string of the molecule is CN=C(NCCc1nc(C)c(C)s1)NCc1cccc(OC)c1OC. The van der Waals surface area contributed by atoms with Crippen LogP contribution in [0.2, 0.25) is 0 Å². The fourth-order valence-corrected chi connectivity index (χ4v) is 3.36. The predicted molar refractivity (Wildman–Crippen MR) is 103 cm³/mol. The lowest BCUT2D eigenvalue weighted by Crippen LogP contribution is -2.37. The van der Waals surface area contributed by atoms with E-state index in [1.54, 1.807) is 32.6 Å². The molecular weight excluding hydrogens is 336 g/mol. The maximum absolute atomic E-state index is 5.45. The average molecular weight is 362 g/mol. The monoisotopic (exact) mass is 362 g/mol. The first-order valence-corrected chi connectivity index (χ1v) is 8.98. The molecule has 0 aliphatic carbocycles. The molecular formula is C18H26N4O2S. The molecule has 0 saturated heterocycles. The van der Waals surface area contributed by atoms with Crippen LogP contribution >= 0.6 is 11.3 Å². The molecule has 136 valence electrons. The van der Waals surface area contributed by atoms with E-state index in [0.717, 1.165) is 46.7 Å². The number of methoxy groups -OCH3 is 2. The smallest absolute Gasteiger partial charge is 0.191 e. The van der Waals surface area contributed by atoms with Crippen LogP contribution in [0.3, 0.4) is 0 Å². The fourth-order valence-electron chi connectivity index (χ4n) is 2.43. The summed E-state index contributed by atoms with van der Waals surface area (Å²) >= 11 is 1.75. The van der Waals surface area contributed by atoms with Gasteiger partial charge in [-0.2, -0.15) is 0 Å². The number of nitrogens with zero attached hydrogens (tertiary/aromatic N) is 2. The lowest BCUT2D eigenvalue weighted by molar-refractivity contribution is 0.351. The molecule has 1 aromatic heterocycles. The lowest BCUT2D eigenvalue weighted by Gasteiger charge is -2.15. The Hall–Kier alpha value is -2.28. The first-order chi connectivity index (χ1) is 12.1. The second-order valence-corrected chi connectivity index (χ2v) is 6.79. The summed E-state index contributed by atoms with van der Waals surface area (Å²) in [5, 5.41) is 7.76. The second kappa shape index (κ2) is 9.27. The van der Waals surface area contributed by atoms with Crippen molar-refractivity contribution in [3.8, 4) is 11.5 Å². The molecule has 6 nitrogen and oxygen atoms in total. The van der Waals surface area contributed by atoms with Gasteiger partial charge in [0.2, 0.25) is 0 Å². The normalized spacial score (nSPS) is 11.3. The summed E-state index contributed by atoms with van der Waals surface area (Å²) in [5.74, 6) is 2.20. The Morgan fingerprint density at radius 3 is 2.60 bits per heavy atom. The van der Waals surface area contributed by atoms with E-state index >= 15 is 0 Å². The van der Waals surface area contributed by atoms with Crippen LogP contribution in [0.25, 0.3) is 0 Å². The van der Waals surface area contributed by atoms with Gasteiger partial charge in [0.15, 0.2) is 17.5 Å². The van der Waals surface area contributed by atoms with Crippen LogP contribution in [0.5, 0.6) is 11.5 Å². The summed E-state index contributed by atoms with van der Waals surface area (Å²) in [6.07, 6.45) is 0.878. The molecule has 0 atom stereocenters. The molecule has 0 radical (unpaired) electrons. The van der Waals surface area contributed by atoms with Gasteiger partial charge in [0.25, 0.3) is 0 Å². The van der Waals surface area contributed by atoms with E-state index in [0.29, 0.717) is 6.54 Å². The van der Waals surface area contributed by atoms with Crippen molar-refractivity contribution in [2.75, 3.05) is 27.8 Å². The van der Waals surface area contributed by atoms with Crippen molar-refractivity contribution in [2.45, 2.75) is 26.8 Å². The molecule has 7 heteroatoms. The molecule has 2 aromatic rings. The summed E-state index contributed by atoms with van der Waals surface area (Å²) in [5.41, 5.74) is 2.13. The minimum atomic E-state index is 0.593. The molecule has 0 unspecified atom stereocenters. The maximum Gasteiger partial charge on any atom is 0.191 e. The second-order valence-electron chi connectivity index (χ2n) is 5.50. The number of hydrogen-bond donors (Lipinski definition) is 2. The molecule has 1 aromatic carbocycles. The van der Waals surface area contributed by atoms with E-state index in [2.05, 4.69) is 27.5 Å². The zero-order valence-electron chi connectivity index (χ0n) is 15.5. The number of aliphatic imine (C=N–C) groups is 1. The third-order valence-electron chi connectivity index (χ3n) is 3.86. The Labute approximate surface area is 153 Å². The number of guanidine groups is 1. The summed E-state index contributed by atoms with van der Waals surface area (Å²) in [4.78, 5) is 10.1. The summed E-state index contributed by atoms with van der Waals surface area (Å²) in [6.45, 7) is 5.52. The number of aromatic nitrogens is 1. The molecule has 0 saturated carbocycles. The van der Waals surface area contributed by atoms with E-state index in [-0.39, 0.29) is 0 Å². The Morgan fingerprint density at radius 1 is 1.20 bits per heavy atom. The van der Waals surface area contributed by atoms with Crippen LogP contribution < -0.4 is 20.1 Å². The molecule has 2 rings (SSSR count). The minimum absolute atomic E-state index is 0.593. The number of ether oxygens (including phenoxy) is 2. The number of thiazole rings is 1. The van der Waals surface area contributed by atoms with Crippen molar-refractivity contribution in [2.24, 2.45) is 4.99 Å². The van der Waals surface area contributed by atoms with Gasteiger partial charge < -0.3 is 20.1 Å².